The Morgan fingerprint density at radius 2 is 2.20 bits per heavy atom. The molecule has 0 radical (unpaired) electrons. The SMILES string of the molecule is COCCn1ccc2c(Br)c(Cl)ccc21. The molecule has 0 saturated heterocycles. The highest BCUT2D eigenvalue weighted by molar-refractivity contribution is 9.10. The van der Waals surface area contributed by atoms with Gasteiger partial charge in [-0.15, -0.1) is 0 Å². The van der Waals surface area contributed by atoms with E-state index in [0.29, 0.717) is 6.61 Å². The van der Waals surface area contributed by atoms with Crippen molar-refractivity contribution in [1.29, 1.82) is 0 Å². The van der Waals surface area contributed by atoms with Crippen molar-refractivity contribution in [1.82, 2.24) is 4.57 Å². The summed E-state index contributed by atoms with van der Waals surface area (Å²) < 4.78 is 8.17. The first-order valence-corrected chi connectivity index (χ1v) is 5.83. The number of fused-ring (bicyclic) bond motifs is 1. The molecule has 0 fully saturated rings. The molecule has 0 aliphatic carbocycles. The smallest absolute Gasteiger partial charge is 0.0641 e. The molecule has 4 heteroatoms. The predicted molar refractivity (Wildman–Crippen MR) is 66.5 cm³/mol. The van der Waals surface area contributed by atoms with Crippen LogP contribution in [0.25, 0.3) is 10.9 Å². The summed E-state index contributed by atoms with van der Waals surface area (Å²) in [4.78, 5) is 0. The number of ether oxygens (including phenoxy) is 1. The van der Waals surface area contributed by atoms with Crippen molar-refractivity contribution < 1.29 is 4.74 Å². The Hall–Kier alpha value is -0.510. The summed E-state index contributed by atoms with van der Waals surface area (Å²) >= 11 is 9.51. The van der Waals surface area contributed by atoms with Crippen molar-refractivity contribution in [3.8, 4) is 0 Å². The molecule has 0 unspecified atom stereocenters. The van der Waals surface area contributed by atoms with E-state index in [1.807, 2.05) is 18.3 Å². The average Bonchev–Trinajstić information content (AvgIpc) is 2.64. The van der Waals surface area contributed by atoms with Crippen molar-refractivity contribution in [2.24, 2.45) is 0 Å². The minimum atomic E-state index is 0.712. The van der Waals surface area contributed by atoms with E-state index in [1.54, 1.807) is 7.11 Å². The maximum atomic E-state index is 6.02. The van der Waals surface area contributed by atoms with Crippen LogP contribution in [0.15, 0.2) is 28.9 Å². The standard InChI is InChI=1S/C11H11BrClNO/c1-15-7-6-14-5-4-8-10(14)3-2-9(13)11(8)12/h2-5H,6-7H2,1H3. The summed E-state index contributed by atoms with van der Waals surface area (Å²) in [5.74, 6) is 0. The van der Waals surface area contributed by atoms with Crippen LogP contribution >= 0.6 is 27.5 Å². The van der Waals surface area contributed by atoms with Gasteiger partial charge in [0.25, 0.3) is 0 Å². The van der Waals surface area contributed by atoms with Crippen LogP contribution in [0, 0.1) is 0 Å². The molecule has 0 amide bonds. The second kappa shape index (κ2) is 4.56. The lowest BCUT2D eigenvalue weighted by Gasteiger charge is -2.05. The van der Waals surface area contributed by atoms with E-state index in [1.165, 1.54) is 5.52 Å². The molecule has 1 heterocycles. The van der Waals surface area contributed by atoms with E-state index >= 15 is 0 Å². The Bertz CT molecular complexity index is 481. The molecule has 80 valence electrons. The molecule has 0 aliphatic heterocycles. The molecule has 0 N–H and O–H groups in total. The van der Waals surface area contributed by atoms with Crippen LogP contribution in [0.4, 0.5) is 0 Å². The van der Waals surface area contributed by atoms with E-state index in [2.05, 4.69) is 26.6 Å². The lowest BCUT2D eigenvalue weighted by molar-refractivity contribution is 0.188. The second-order valence-electron chi connectivity index (χ2n) is 3.30. The number of rotatable bonds is 3. The van der Waals surface area contributed by atoms with Gasteiger partial charge < -0.3 is 9.30 Å². The fourth-order valence-corrected chi connectivity index (χ4v) is 2.23. The molecule has 0 spiro atoms. The molecule has 1 aromatic heterocycles. The van der Waals surface area contributed by atoms with Gasteiger partial charge in [0, 0.05) is 35.2 Å². The molecule has 15 heavy (non-hydrogen) atoms. The Labute approximate surface area is 102 Å². The third-order valence-corrected chi connectivity index (χ3v) is 3.77. The number of halogens is 2. The Morgan fingerprint density at radius 1 is 1.40 bits per heavy atom. The zero-order valence-corrected chi connectivity index (χ0v) is 10.7. The summed E-state index contributed by atoms with van der Waals surface area (Å²) in [6.07, 6.45) is 2.05. The van der Waals surface area contributed by atoms with Gasteiger partial charge in [-0.05, 0) is 34.1 Å². The van der Waals surface area contributed by atoms with Crippen LogP contribution in [0.5, 0.6) is 0 Å². The first-order chi connectivity index (χ1) is 7.24. The van der Waals surface area contributed by atoms with Crippen LogP contribution in [-0.4, -0.2) is 18.3 Å². The molecule has 0 bridgehead atoms. The maximum Gasteiger partial charge on any atom is 0.0641 e. The lowest BCUT2D eigenvalue weighted by atomic mass is 10.2. The summed E-state index contributed by atoms with van der Waals surface area (Å²) in [7, 11) is 1.71. The van der Waals surface area contributed by atoms with Crippen molar-refractivity contribution in [2.45, 2.75) is 6.54 Å². The van der Waals surface area contributed by atoms with Crippen LogP contribution in [0.3, 0.4) is 0 Å². The molecular weight excluding hydrogens is 277 g/mol. The van der Waals surface area contributed by atoms with E-state index in [0.717, 1.165) is 21.4 Å². The maximum absolute atomic E-state index is 6.02. The number of hydrogen-bond acceptors (Lipinski definition) is 1. The number of aromatic nitrogens is 1. The lowest BCUT2D eigenvalue weighted by Crippen LogP contribution is -2.02. The zero-order chi connectivity index (χ0) is 10.8. The third-order valence-electron chi connectivity index (χ3n) is 2.38. The number of nitrogens with zero attached hydrogens (tertiary/aromatic N) is 1. The predicted octanol–water partition coefficient (Wildman–Crippen LogP) is 3.70. The Balaban J connectivity index is 2.47. The highest BCUT2D eigenvalue weighted by Gasteiger charge is 2.06. The van der Waals surface area contributed by atoms with Crippen LogP contribution < -0.4 is 0 Å². The Morgan fingerprint density at radius 3 is 2.93 bits per heavy atom. The normalized spacial score (nSPS) is 11.1. The molecule has 0 saturated carbocycles. The molecule has 1 aromatic carbocycles. The van der Waals surface area contributed by atoms with Gasteiger partial charge in [0.15, 0.2) is 0 Å². The van der Waals surface area contributed by atoms with Crippen LogP contribution in [0.2, 0.25) is 5.02 Å². The number of hydrogen-bond donors (Lipinski definition) is 0. The molecular formula is C11H11BrClNO. The first-order valence-electron chi connectivity index (χ1n) is 4.66. The number of benzene rings is 1. The highest BCUT2D eigenvalue weighted by Crippen LogP contribution is 2.31. The summed E-state index contributed by atoms with van der Waals surface area (Å²) in [6.45, 7) is 1.57. The monoisotopic (exact) mass is 287 g/mol. The average molecular weight is 289 g/mol. The molecule has 2 aromatic rings. The van der Waals surface area contributed by atoms with Crippen LogP contribution in [0.1, 0.15) is 0 Å². The van der Waals surface area contributed by atoms with Gasteiger partial charge in [0.1, 0.15) is 0 Å². The molecule has 2 rings (SSSR count). The number of methoxy groups -OCH3 is 1. The minimum Gasteiger partial charge on any atom is -0.383 e. The van der Waals surface area contributed by atoms with Gasteiger partial charge in [0.2, 0.25) is 0 Å². The summed E-state index contributed by atoms with van der Waals surface area (Å²) in [6, 6.07) is 5.98. The van der Waals surface area contributed by atoms with Gasteiger partial charge in [-0.3, -0.25) is 0 Å². The van der Waals surface area contributed by atoms with Gasteiger partial charge in [0.05, 0.1) is 11.6 Å². The fourth-order valence-electron chi connectivity index (χ4n) is 1.59. The quantitative estimate of drug-likeness (QED) is 0.840. The van der Waals surface area contributed by atoms with Gasteiger partial charge in [-0.1, -0.05) is 11.6 Å². The van der Waals surface area contributed by atoms with E-state index in [-0.39, 0.29) is 0 Å². The van der Waals surface area contributed by atoms with E-state index < -0.39 is 0 Å². The van der Waals surface area contributed by atoms with Gasteiger partial charge in [-0.25, -0.2) is 0 Å². The van der Waals surface area contributed by atoms with E-state index in [9.17, 15) is 0 Å². The van der Waals surface area contributed by atoms with Crippen molar-refractivity contribution in [3.63, 3.8) is 0 Å². The largest absolute Gasteiger partial charge is 0.383 e. The summed E-state index contributed by atoms with van der Waals surface area (Å²) in [5.41, 5.74) is 1.17. The fraction of sp³-hybridized carbons (Fsp3) is 0.273. The first kappa shape index (κ1) is 11.0. The van der Waals surface area contributed by atoms with Crippen molar-refractivity contribution in [3.05, 3.63) is 33.9 Å². The molecule has 0 atom stereocenters. The van der Waals surface area contributed by atoms with Crippen molar-refractivity contribution in [2.75, 3.05) is 13.7 Å². The van der Waals surface area contributed by atoms with Crippen molar-refractivity contribution >= 4 is 38.4 Å². The highest BCUT2D eigenvalue weighted by atomic mass is 79.9. The van der Waals surface area contributed by atoms with Gasteiger partial charge >= 0.3 is 0 Å². The molecule has 0 aliphatic rings. The topological polar surface area (TPSA) is 14.2 Å². The molecule has 2 nitrogen and oxygen atoms in total. The summed E-state index contributed by atoms with van der Waals surface area (Å²) in [5, 5.41) is 1.88. The zero-order valence-electron chi connectivity index (χ0n) is 8.34. The Kier molecular flexibility index (Phi) is 3.34. The third kappa shape index (κ3) is 2.05. The van der Waals surface area contributed by atoms with Gasteiger partial charge in [-0.2, -0.15) is 0 Å². The second-order valence-corrected chi connectivity index (χ2v) is 4.50. The van der Waals surface area contributed by atoms with E-state index in [4.69, 9.17) is 16.3 Å². The van der Waals surface area contributed by atoms with Crippen LogP contribution in [-0.2, 0) is 11.3 Å². The minimum absolute atomic E-state index is 0.712.